The molecule has 12 aromatic rings. The summed E-state index contributed by atoms with van der Waals surface area (Å²) in [6.07, 6.45) is 17.0. The van der Waals surface area contributed by atoms with Crippen molar-refractivity contribution in [2.75, 3.05) is 65.5 Å². The molecule has 12 heterocycles. The zero-order valence-electron chi connectivity index (χ0n) is 57.7. The van der Waals surface area contributed by atoms with Gasteiger partial charge in [0.25, 0.3) is 0 Å². The maximum Gasteiger partial charge on any atom is 0.247 e. The van der Waals surface area contributed by atoms with E-state index in [1.54, 1.807) is 49.7 Å². The summed E-state index contributed by atoms with van der Waals surface area (Å²) in [5, 5.41) is 69.8. The lowest BCUT2D eigenvalue weighted by Crippen LogP contribution is -2.20. The van der Waals surface area contributed by atoms with Crippen molar-refractivity contribution >= 4 is 161 Å². The number of aromatic nitrogens is 16. The second-order valence-electron chi connectivity index (χ2n) is 25.3. The highest BCUT2D eigenvalue weighted by atomic mass is 35.5. The van der Waals surface area contributed by atoms with Gasteiger partial charge in [-0.15, -0.1) is 45.3 Å². The van der Waals surface area contributed by atoms with Crippen LogP contribution in [0.2, 0.25) is 5.02 Å². The number of aliphatic hydroxyl groups excluding tert-OH is 1. The fourth-order valence-electron chi connectivity index (χ4n) is 10.2. The normalized spacial score (nSPS) is 14.5. The van der Waals surface area contributed by atoms with Crippen molar-refractivity contribution in [3.8, 4) is 42.8 Å². The number of sulfonamides is 4. The van der Waals surface area contributed by atoms with Crippen molar-refractivity contribution in [1.82, 2.24) is 85.4 Å². The summed E-state index contributed by atoms with van der Waals surface area (Å²) in [5.74, 6) is 9.99. The molecular formula is C64H99ClN26O9S8. The summed E-state index contributed by atoms with van der Waals surface area (Å²) < 4.78 is 94.2. The predicted octanol–water partition coefficient (Wildman–Crippen LogP) is 13.4. The molecule has 0 radical (unpaired) electrons. The van der Waals surface area contributed by atoms with Crippen molar-refractivity contribution in [1.29, 1.82) is 0 Å². The minimum atomic E-state index is -3.77. The minimum Gasteiger partial charge on any atom is -0.392 e. The lowest BCUT2D eigenvalue weighted by atomic mass is 10.2. The van der Waals surface area contributed by atoms with E-state index in [0.717, 1.165) is 85.6 Å². The van der Waals surface area contributed by atoms with Crippen LogP contribution in [0.15, 0.2) is 116 Å². The maximum absolute atomic E-state index is 11.5. The van der Waals surface area contributed by atoms with Gasteiger partial charge in [-0.05, 0) is 99.9 Å². The van der Waals surface area contributed by atoms with E-state index in [9.17, 15) is 33.7 Å². The second kappa shape index (κ2) is 32.3. The highest BCUT2D eigenvalue weighted by Crippen LogP contribution is 2.44. The summed E-state index contributed by atoms with van der Waals surface area (Å²) in [4.78, 5) is 40.8. The van der Waals surface area contributed by atoms with E-state index in [2.05, 4.69) is 112 Å². The van der Waals surface area contributed by atoms with Gasteiger partial charge in [-0.3, -0.25) is 20.4 Å². The molecule has 16 rings (SSSR count). The number of thiophene rings is 4. The van der Waals surface area contributed by atoms with Gasteiger partial charge in [0.15, 0.2) is 52.4 Å². The van der Waals surface area contributed by atoms with Crippen molar-refractivity contribution in [2.45, 2.75) is 94.2 Å². The monoisotopic (exact) mass is 1670 g/mol. The smallest absolute Gasteiger partial charge is 0.247 e. The van der Waals surface area contributed by atoms with E-state index in [1.807, 2.05) is 61.5 Å². The van der Waals surface area contributed by atoms with Crippen LogP contribution < -0.4 is 51.6 Å². The number of halogens is 1. The van der Waals surface area contributed by atoms with Gasteiger partial charge in [0.1, 0.15) is 46.7 Å². The highest BCUT2D eigenvalue weighted by Gasteiger charge is 2.30. The first kappa shape index (κ1) is 76.6. The number of H-pyrrole nitrogens is 4. The molecule has 0 bridgehead atoms. The van der Waals surface area contributed by atoms with Crippen molar-refractivity contribution in [3.63, 3.8) is 0 Å². The number of primary sulfonamides is 3. The average Bonchev–Trinajstić information content (AvgIpc) is 1.61. The summed E-state index contributed by atoms with van der Waals surface area (Å²) >= 11 is 10.7. The molecule has 4 aliphatic carbocycles. The van der Waals surface area contributed by atoms with Crippen LogP contribution in [0, 0.1) is 0 Å². The third-order valence-electron chi connectivity index (χ3n) is 16.2. The molecule has 108 heavy (non-hydrogen) atoms. The number of rotatable bonds is 26. The summed E-state index contributed by atoms with van der Waals surface area (Å²) in [5.41, 5.74) is 5.10. The molecule has 12 aromatic heterocycles. The van der Waals surface area contributed by atoms with Gasteiger partial charge in [0.05, 0.1) is 38.6 Å². The zero-order valence-corrected chi connectivity index (χ0v) is 65.0. The Kier molecular flexibility index (Phi) is 22.9. The first-order valence-corrected chi connectivity index (χ1v) is 43.2. The van der Waals surface area contributed by atoms with E-state index in [1.165, 1.54) is 74.3 Å². The molecule has 4 aliphatic rings. The van der Waals surface area contributed by atoms with Crippen LogP contribution in [-0.2, 0) is 46.6 Å². The lowest BCUT2D eigenvalue weighted by Gasteiger charge is -2.14. The number of nitrogens with two attached hydrogens (primary N) is 3. The summed E-state index contributed by atoms with van der Waals surface area (Å²) in [7, 11) is -9.01. The van der Waals surface area contributed by atoms with Gasteiger partial charge in [-0.25, -0.2) is 93.7 Å². The highest BCUT2D eigenvalue weighted by molar-refractivity contribution is 7.92. The average molecular weight is 1670 g/mol. The van der Waals surface area contributed by atoms with Crippen LogP contribution in [0.25, 0.3) is 48.9 Å². The van der Waals surface area contributed by atoms with Gasteiger partial charge < -0.3 is 36.6 Å². The number of aliphatic hydroxyl groups is 1. The number of aromatic amines is 4. The Balaban J connectivity index is 0. The van der Waals surface area contributed by atoms with Gasteiger partial charge >= 0.3 is 0 Å². The molecule has 0 amide bonds. The molecule has 4 fully saturated rings. The van der Waals surface area contributed by atoms with E-state index in [0.29, 0.717) is 130 Å². The van der Waals surface area contributed by atoms with Crippen LogP contribution in [0.4, 0.5) is 58.2 Å². The number of hydrogen-bond acceptors (Lipinski definition) is 31. The molecule has 594 valence electrons. The Bertz CT molecular complexity index is 5800. The van der Waals surface area contributed by atoms with Crippen molar-refractivity contribution in [3.05, 3.63) is 142 Å². The van der Waals surface area contributed by atoms with Crippen LogP contribution in [0.1, 0.15) is 128 Å². The number of nitrogens with one attached hydrogen (secondary N) is 10. The van der Waals surface area contributed by atoms with Crippen LogP contribution in [0.3, 0.4) is 0 Å². The molecule has 0 aliphatic heterocycles. The van der Waals surface area contributed by atoms with Gasteiger partial charge in [-0.2, -0.15) is 20.4 Å². The quantitative estimate of drug-likeness (QED) is 0.0239. The van der Waals surface area contributed by atoms with E-state index in [-0.39, 0.29) is 45.8 Å². The van der Waals surface area contributed by atoms with Crippen molar-refractivity contribution in [2.24, 2.45) is 15.4 Å². The lowest BCUT2D eigenvalue weighted by molar-refractivity contribution is 0.343. The molecule has 0 atom stereocenters. The third-order valence-corrected chi connectivity index (χ3v) is 25.8. The van der Waals surface area contributed by atoms with Crippen LogP contribution >= 0.6 is 56.9 Å². The van der Waals surface area contributed by atoms with E-state index >= 15 is 0 Å². The number of nitrogens with zero attached hydrogens (tertiary/aromatic N) is 13. The predicted molar refractivity (Wildman–Crippen MR) is 447 cm³/mol. The molecule has 17 N–H and O–H groups in total. The molecule has 4 saturated carbocycles. The molecular weight excluding hydrogens is 1570 g/mol. The molecule has 0 aromatic carbocycles. The molecule has 0 spiro atoms. The van der Waals surface area contributed by atoms with E-state index in [4.69, 9.17) is 32.1 Å². The molecule has 0 unspecified atom stereocenters. The maximum atomic E-state index is 11.5. The van der Waals surface area contributed by atoms with Crippen LogP contribution in [-0.4, -0.2) is 153 Å². The Hall–Kier alpha value is -9.61. The SMILES string of the molecule is CN(C)c1cc(Nc2cc(C3CC3)[nH]n2)nc(-c2ccc(S(N)(=O)=O)s2)n1.CNc1cc(Nc2cc(C3CC3)[nH]n2)nc(-c2ccc(S(N)(=O)=O)s2)n1.CS(=O)(=O)NCc1ccc(-c2ncc(Cl)c(Nc3cc(C4CC4)[nH]n3)n2)s1.NS(=O)(=O)c1ccc(-c2ncc(/C=C/CO)c(Nc3cc(C4CC4)[nH]n3)n2)s1.[HH].[HH].[HH].[HH].[HH].[HH].[HH].[HH].[HH].[HH].[HH].[HH].[HH].[HH]. The Morgan fingerprint density at radius 1 is 0.509 bits per heavy atom. The third kappa shape index (κ3) is 20.6. The summed E-state index contributed by atoms with van der Waals surface area (Å²) in [6.45, 7) is 0.122. The Morgan fingerprint density at radius 3 is 1.33 bits per heavy atom. The molecule has 44 heteroatoms. The molecule has 0 saturated heterocycles. The first-order valence-electron chi connectivity index (χ1n) is 33.0. The fraction of sp³-hybridized carbons (Fsp3) is 0.281. The Labute approximate surface area is 661 Å². The zero-order chi connectivity index (χ0) is 76.2. The van der Waals surface area contributed by atoms with Crippen LogP contribution in [0.5, 0.6) is 0 Å². The second-order valence-corrected chi connectivity index (χ2v) is 37.3. The van der Waals surface area contributed by atoms with Gasteiger partial charge in [0.2, 0.25) is 40.1 Å². The minimum absolute atomic E-state index is 0. The number of hydrogen-bond donors (Lipinski definition) is 14. The standard InChI is InChI=1S/C17H18N6O3S2.C16H17ClN6O2S2.C16H19N7O2S2.C15H17N7O2S2.14H2/c18-28(25,26)15-6-5-13(27-15)17-19-9-11(2-1-7-24)16(21-17)20-14-8-12(22-23-14)10-3-4-10;1-27(24,25)19-7-10-4-5-13(26-10)16-18-8-11(17)15(21-16)20-14-6-12(22-23-14)9-2-3-9;1-23(2)14-8-12(18-13-7-10(21-22-13)9-3-4-9)19-16(20-14)11-5-6-15(26-11)27(17,24)25;1-17-11-7-12(18-13-6-9(21-22-13)8-2-3-8)20-15(19-11)10-4-5-14(25-10)26(16,23)24;;;;;;;;;;;;;;/h1-2,5-6,8-10,24H,3-4,7H2,(H2,18,25,26)(H2,19,20,21,22,23);4-6,8-9,19H,2-3,7H2,1H3,(H2,18,20,21,22,23);5-9H,3-4H2,1-2H3,(H2,17,24,25)(H2,18,19,20,21,22);4-8H,2-3H2,1H3,(H2,16,23,24)(H3,17,18,19,20,21,22);14*1H/b2-1+;;;;;;;;;;;;;;;;;. The largest absolute Gasteiger partial charge is 0.392 e. The van der Waals surface area contributed by atoms with Gasteiger partial charge in [-0.1, -0.05) is 23.8 Å². The first-order chi connectivity index (χ1) is 51.5. The summed E-state index contributed by atoms with van der Waals surface area (Å²) in [6, 6.07) is 24.4. The topological polar surface area (TPSA) is 528 Å². The number of anilines is 10. The van der Waals surface area contributed by atoms with Gasteiger partial charge in [0, 0.05) is 147 Å². The van der Waals surface area contributed by atoms with Crippen molar-refractivity contribution < 1.29 is 58.8 Å². The molecule has 35 nitrogen and oxygen atoms in total. The van der Waals surface area contributed by atoms with E-state index < -0.39 is 40.1 Å². The Morgan fingerprint density at radius 2 is 0.907 bits per heavy atom. The fourth-order valence-corrected chi connectivity index (χ4v) is 16.7.